The first-order valence-corrected chi connectivity index (χ1v) is 13.1. The molecule has 2 heterocycles. The van der Waals surface area contributed by atoms with Gasteiger partial charge < -0.3 is 9.64 Å². The predicted octanol–water partition coefficient (Wildman–Crippen LogP) is 2.94. The minimum atomic E-state index is -3.58. The van der Waals surface area contributed by atoms with Gasteiger partial charge in [0.2, 0.25) is 0 Å². The van der Waals surface area contributed by atoms with E-state index in [1.54, 1.807) is 31.4 Å². The van der Waals surface area contributed by atoms with Gasteiger partial charge in [-0.05, 0) is 59.7 Å². The van der Waals surface area contributed by atoms with Gasteiger partial charge in [-0.1, -0.05) is 31.5 Å². The third kappa shape index (κ3) is 5.23. The van der Waals surface area contributed by atoms with Crippen molar-refractivity contribution in [2.24, 2.45) is 5.92 Å². The Bertz CT molecular complexity index is 1180. The van der Waals surface area contributed by atoms with E-state index in [1.807, 2.05) is 19.1 Å². The lowest BCUT2D eigenvalue weighted by molar-refractivity contribution is 0.135. The SMILES string of the molecule is COc1ccc(N2CCN([C@@H](c3nnnn3CS(=O)(=O)c3ccc(C)cc3)C(C)C)CC2)cc1. The molecule has 10 heteroatoms. The van der Waals surface area contributed by atoms with Crippen molar-refractivity contribution < 1.29 is 13.2 Å². The number of sulfone groups is 1. The molecule has 1 saturated heterocycles. The summed E-state index contributed by atoms with van der Waals surface area (Å²) < 4.78 is 32.8. The maximum absolute atomic E-state index is 13.0. The second-order valence-electron chi connectivity index (χ2n) is 9.00. The van der Waals surface area contributed by atoms with E-state index in [2.05, 4.69) is 51.3 Å². The summed E-state index contributed by atoms with van der Waals surface area (Å²) in [5, 5.41) is 12.2. The molecule has 2 aromatic carbocycles. The molecule has 1 atom stereocenters. The molecule has 0 aliphatic carbocycles. The Morgan fingerprint density at radius 2 is 1.62 bits per heavy atom. The third-order valence-corrected chi connectivity index (χ3v) is 7.85. The lowest BCUT2D eigenvalue weighted by atomic mass is 10.0. The van der Waals surface area contributed by atoms with Crippen molar-refractivity contribution in [3.05, 3.63) is 59.9 Å². The van der Waals surface area contributed by atoms with Crippen molar-refractivity contribution in [3.63, 3.8) is 0 Å². The second-order valence-corrected chi connectivity index (χ2v) is 11.0. The Hall–Kier alpha value is -2.98. The minimum Gasteiger partial charge on any atom is -0.497 e. The summed E-state index contributed by atoms with van der Waals surface area (Å²) in [6, 6.07) is 14.9. The molecular weight excluding hydrogens is 452 g/mol. The molecule has 1 aliphatic rings. The molecule has 0 unspecified atom stereocenters. The van der Waals surface area contributed by atoms with Gasteiger partial charge >= 0.3 is 0 Å². The summed E-state index contributed by atoms with van der Waals surface area (Å²) in [4.78, 5) is 4.97. The summed E-state index contributed by atoms with van der Waals surface area (Å²) in [6.45, 7) is 9.54. The number of anilines is 1. The molecule has 34 heavy (non-hydrogen) atoms. The minimum absolute atomic E-state index is 0.0822. The summed E-state index contributed by atoms with van der Waals surface area (Å²) >= 11 is 0. The Morgan fingerprint density at radius 3 is 2.21 bits per heavy atom. The fourth-order valence-corrected chi connectivity index (χ4v) is 5.64. The molecule has 182 valence electrons. The first-order chi connectivity index (χ1) is 16.3. The quantitative estimate of drug-likeness (QED) is 0.482. The number of piperazine rings is 1. The van der Waals surface area contributed by atoms with E-state index in [-0.39, 0.29) is 22.7 Å². The zero-order valence-corrected chi connectivity index (χ0v) is 20.9. The van der Waals surface area contributed by atoms with Crippen molar-refractivity contribution in [2.45, 2.75) is 37.6 Å². The molecule has 0 amide bonds. The predicted molar refractivity (Wildman–Crippen MR) is 131 cm³/mol. The lowest BCUT2D eigenvalue weighted by Crippen LogP contribution is -2.49. The van der Waals surface area contributed by atoms with Crippen LogP contribution in [0.1, 0.15) is 31.3 Å². The number of rotatable bonds is 8. The number of aryl methyl sites for hydroxylation is 1. The van der Waals surface area contributed by atoms with Crippen LogP contribution in [0.2, 0.25) is 0 Å². The van der Waals surface area contributed by atoms with Crippen LogP contribution in [0.25, 0.3) is 0 Å². The van der Waals surface area contributed by atoms with Crippen molar-refractivity contribution in [3.8, 4) is 5.75 Å². The van der Waals surface area contributed by atoms with Crippen LogP contribution in [-0.4, -0.2) is 66.8 Å². The third-order valence-electron chi connectivity index (χ3n) is 6.27. The van der Waals surface area contributed by atoms with E-state index in [0.717, 1.165) is 43.2 Å². The lowest BCUT2D eigenvalue weighted by Gasteiger charge is -2.41. The molecule has 0 saturated carbocycles. The molecule has 3 aromatic rings. The zero-order valence-electron chi connectivity index (χ0n) is 20.1. The van der Waals surface area contributed by atoms with E-state index in [9.17, 15) is 8.42 Å². The number of benzene rings is 2. The summed E-state index contributed by atoms with van der Waals surface area (Å²) in [7, 11) is -1.91. The van der Waals surface area contributed by atoms with Gasteiger partial charge in [-0.3, -0.25) is 4.90 Å². The maximum Gasteiger partial charge on any atom is 0.198 e. The van der Waals surface area contributed by atoms with Crippen LogP contribution in [0.3, 0.4) is 0 Å². The maximum atomic E-state index is 13.0. The summed E-state index contributed by atoms with van der Waals surface area (Å²) in [6.07, 6.45) is 0. The van der Waals surface area contributed by atoms with E-state index in [1.165, 1.54) is 4.68 Å². The van der Waals surface area contributed by atoms with Gasteiger partial charge in [0.25, 0.3) is 0 Å². The number of nitrogens with zero attached hydrogens (tertiary/aromatic N) is 6. The molecule has 9 nitrogen and oxygen atoms in total. The molecule has 0 radical (unpaired) electrons. The monoisotopic (exact) mass is 484 g/mol. The van der Waals surface area contributed by atoms with Gasteiger partial charge in [0.05, 0.1) is 18.0 Å². The molecule has 1 fully saturated rings. The first kappa shape index (κ1) is 24.2. The molecule has 0 spiro atoms. The topological polar surface area (TPSA) is 93.4 Å². The highest BCUT2D eigenvalue weighted by atomic mass is 32.2. The van der Waals surface area contributed by atoms with Crippen molar-refractivity contribution in [1.82, 2.24) is 25.1 Å². The number of ether oxygens (including phenoxy) is 1. The van der Waals surface area contributed by atoms with Crippen LogP contribution in [0.4, 0.5) is 5.69 Å². The van der Waals surface area contributed by atoms with Crippen molar-refractivity contribution >= 4 is 15.5 Å². The van der Waals surface area contributed by atoms with Crippen LogP contribution in [0.15, 0.2) is 53.4 Å². The van der Waals surface area contributed by atoms with Crippen molar-refractivity contribution in [2.75, 3.05) is 38.2 Å². The zero-order chi connectivity index (χ0) is 24.3. The molecular formula is C24H32N6O3S. The average molecular weight is 485 g/mol. The van der Waals surface area contributed by atoms with Crippen LogP contribution in [-0.2, 0) is 15.7 Å². The standard InChI is InChI=1S/C24H32N6O3S/c1-18(2)23(29-15-13-28(14-16-29)20-7-9-21(33-4)10-8-20)24-25-26-27-30(24)17-34(31,32)22-11-5-19(3)6-12-22/h5-12,18,23H,13-17H2,1-4H3/t23-/m1/s1. The largest absolute Gasteiger partial charge is 0.497 e. The van der Waals surface area contributed by atoms with Gasteiger partial charge in [-0.2, -0.15) is 0 Å². The summed E-state index contributed by atoms with van der Waals surface area (Å²) in [5.41, 5.74) is 2.17. The molecule has 4 rings (SSSR count). The second kappa shape index (κ2) is 10.1. The normalized spacial score (nSPS) is 16.1. The van der Waals surface area contributed by atoms with Gasteiger partial charge in [0.15, 0.2) is 21.5 Å². The molecule has 0 N–H and O–H groups in total. The molecule has 1 aromatic heterocycles. The van der Waals surface area contributed by atoms with Gasteiger partial charge in [-0.15, -0.1) is 5.10 Å². The number of methoxy groups -OCH3 is 1. The fraction of sp³-hybridized carbons (Fsp3) is 0.458. The van der Waals surface area contributed by atoms with Crippen molar-refractivity contribution in [1.29, 1.82) is 0 Å². The molecule has 1 aliphatic heterocycles. The summed E-state index contributed by atoms with van der Waals surface area (Å²) in [5.74, 6) is 1.35. The Morgan fingerprint density at radius 1 is 0.971 bits per heavy atom. The first-order valence-electron chi connectivity index (χ1n) is 11.5. The smallest absolute Gasteiger partial charge is 0.198 e. The van der Waals surface area contributed by atoms with E-state index in [0.29, 0.717) is 5.82 Å². The van der Waals surface area contributed by atoms with Crippen LogP contribution < -0.4 is 9.64 Å². The highest BCUT2D eigenvalue weighted by Gasteiger charge is 2.32. The van der Waals surface area contributed by atoms with Gasteiger partial charge in [0, 0.05) is 31.9 Å². The molecule has 0 bridgehead atoms. The van der Waals surface area contributed by atoms with Crippen LogP contribution in [0, 0.1) is 12.8 Å². The number of hydrogen-bond donors (Lipinski definition) is 0. The van der Waals surface area contributed by atoms with Crippen LogP contribution in [0.5, 0.6) is 5.75 Å². The number of aromatic nitrogens is 4. The number of tetrazole rings is 1. The highest BCUT2D eigenvalue weighted by molar-refractivity contribution is 7.90. The fourth-order valence-electron chi connectivity index (χ4n) is 4.43. The number of hydrogen-bond acceptors (Lipinski definition) is 8. The van der Waals surface area contributed by atoms with Gasteiger partial charge in [-0.25, -0.2) is 13.1 Å². The van der Waals surface area contributed by atoms with E-state index in [4.69, 9.17) is 4.74 Å². The Kier molecular flexibility index (Phi) is 7.18. The Labute approximate surface area is 201 Å². The van der Waals surface area contributed by atoms with Gasteiger partial charge in [0.1, 0.15) is 5.75 Å². The Balaban J connectivity index is 1.49. The highest BCUT2D eigenvalue weighted by Crippen LogP contribution is 2.30. The van der Waals surface area contributed by atoms with E-state index >= 15 is 0 Å². The van der Waals surface area contributed by atoms with E-state index < -0.39 is 9.84 Å². The van der Waals surface area contributed by atoms with Crippen LogP contribution >= 0.6 is 0 Å². The average Bonchev–Trinajstić information content (AvgIpc) is 3.26.